The zero-order chi connectivity index (χ0) is 17.0. The number of hydrogen-bond donors (Lipinski definition) is 2. The number of methoxy groups -OCH3 is 1. The van der Waals surface area contributed by atoms with Gasteiger partial charge < -0.3 is 19.6 Å². The number of nitrogens with one attached hydrogen (secondary N) is 1. The summed E-state index contributed by atoms with van der Waals surface area (Å²) in [5.74, 6) is -2.49. The number of H-pyrrole nitrogens is 1. The van der Waals surface area contributed by atoms with Gasteiger partial charge in [0.15, 0.2) is 11.5 Å². The molecule has 2 aliphatic heterocycles. The van der Waals surface area contributed by atoms with Crippen LogP contribution >= 0.6 is 23.1 Å². The second-order valence-corrected chi connectivity index (χ2v) is 7.55. The Labute approximate surface area is 143 Å². The molecule has 0 unspecified atom stereocenters. The second kappa shape index (κ2) is 5.38. The predicted molar refractivity (Wildman–Crippen MR) is 86.2 cm³/mol. The minimum absolute atomic E-state index is 0.277. The molecule has 3 heterocycles. The molecule has 2 aliphatic rings. The minimum atomic E-state index is -1.11. The molecule has 0 radical (unpaired) electrons. The van der Waals surface area contributed by atoms with Gasteiger partial charge in [0.25, 0.3) is 0 Å². The van der Waals surface area contributed by atoms with Gasteiger partial charge in [0.2, 0.25) is 0 Å². The van der Waals surface area contributed by atoms with Gasteiger partial charge in [-0.3, -0.25) is 14.4 Å². The first-order chi connectivity index (χ1) is 11.5. The molecule has 1 aromatic heterocycles. The largest absolute Gasteiger partial charge is 0.493 e. The number of carbonyl (C=O) groups excluding carboxylic acids is 1. The van der Waals surface area contributed by atoms with Crippen molar-refractivity contribution in [1.29, 1.82) is 0 Å². The number of rotatable bonds is 2. The number of aromatic amines is 1. The van der Waals surface area contributed by atoms with Crippen molar-refractivity contribution in [3.63, 3.8) is 0 Å². The molecule has 0 spiro atoms. The third-order valence-electron chi connectivity index (χ3n) is 4.14. The lowest BCUT2D eigenvalue weighted by Crippen LogP contribution is -2.44. The minimum Gasteiger partial charge on any atom is -0.493 e. The first-order valence-corrected chi connectivity index (χ1v) is 8.72. The van der Waals surface area contributed by atoms with Gasteiger partial charge in [-0.2, -0.15) is 0 Å². The lowest BCUT2D eigenvalue weighted by Gasteiger charge is -2.37. The molecule has 1 aromatic carbocycles. The molecule has 0 saturated carbocycles. The zero-order valence-corrected chi connectivity index (χ0v) is 13.9. The summed E-state index contributed by atoms with van der Waals surface area (Å²) in [5, 5.41) is 9.01. The summed E-state index contributed by atoms with van der Waals surface area (Å²) in [6, 6.07) is 5.19. The van der Waals surface area contributed by atoms with Crippen LogP contribution in [0, 0.1) is 5.92 Å². The van der Waals surface area contributed by atoms with Crippen LogP contribution in [0.15, 0.2) is 28.0 Å². The highest BCUT2D eigenvalue weighted by Crippen LogP contribution is 2.55. The molecular weight excluding hydrogens is 354 g/mol. The third-order valence-corrected chi connectivity index (χ3v) is 6.54. The van der Waals surface area contributed by atoms with Crippen molar-refractivity contribution in [3.8, 4) is 11.5 Å². The van der Waals surface area contributed by atoms with Crippen molar-refractivity contribution in [1.82, 2.24) is 4.98 Å². The Kier molecular flexibility index (Phi) is 3.43. The summed E-state index contributed by atoms with van der Waals surface area (Å²) in [6.07, 6.45) is 0. The van der Waals surface area contributed by atoms with Crippen LogP contribution in [0.2, 0.25) is 0 Å². The molecule has 0 aliphatic carbocycles. The van der Waals surface area contributed by atoms with Crippen LogP contribution in [-0.4, -0.2) is 34.4 Å². The van der Waals surface area contributed by atoms with E-state index in [-0.39, 0.29) is 10.6 Å². The summed E-state index contributed by atoms with van der Waals surface area (Å²) < 4.78 is 10.6. The fraction of sp³-hybridized carbons (Fsp3) is 0.267. The maximum absolute atomic E-state index is 12.6. The lowest BCUT2D eigenvalue weighted by atomic mass is 9.80. The van der Waals surface area contributed by atoms with E-state index in [1.807, 2.05) is 0 Å². The van der Waals surface area contributed by atoms with Crippen LogP contribution in [0.4, 0.5) is 0 Å². The van der Waals surface area contributed by atoms with E-state index in [1.165, 1.54) is 7.11 Å². The number of esters is 1. The molecular formula is C15H11NO6S2. The Bertz CT molecular complexity index is 917. The van der Waals surface area contributed by atoms with Gasteiger partial charge in [0.1, 0.15) is 5.25 Å². The van der Waals surface area contributed by atoms with Gasteiger partial charge in [-0.05, 0) is 6.07 Å². The molecule has 0 fully saturated rings. The van der Waals surface area contributed by atoms with Crippen LogP contribution in [0.25, 0.3) is 0 Å². The summed E-state index contributed by atoms with van der Waals surface area (Å²) in [5.41, 5.74) is 0.655. The van der Waals surface area contributed by atoms with Crippen molar-refractivity contribution in [2.75, 3.05) is 7.11 Å². The number of aromatic nitrogens is 1. The molecule has 0 amide bonds. The van der Waals surface area contributed by atoms with Crippen molar-refractivity contribution in [3.05, 3.63) is 38.3 Å². The number of fused-ring (bicyclic) bond motifs is 5. The Hall–Kier alpha value is -2.26. The van der Waals surface area contributed by atoms with Crippen LogP contribution in [0.1, 0.15) is 16.4 Å². The van der Waals surface area contributed by atoms with Crippen LogP contribution < -0.4 is 14.3 Å². The second-order valence-electron chi connectivity index (χ2n) is 5.39. The highest BCUT2D eigenvalue weighted by molar-refractivity contribution is 8.00. The summed E-state index contributed by atoms with van der Waals surface area (Å²) in [7, 11) is 1.46. The fourth-order valence-electron chi connectivity index (χ4n) is 3.17. The molecule has 24 heavy (non-hydrogen) atoms. The monoisotopic (exact) mass is 365 g/mol. The molecule has 2 N–H and O–H groups in total. The summed E-state index contributed by atoms with van der Waals surface area (Å²) in [6.45, 7) is 0. The topological polar surface area (TPSA) is 106 Å². The number of thiazole rings is 1. The number of ether oxygens (including phenoxy) is 2. The Morgan fingerprint density at radius 1 is 1.38 bits per heavy atom. The molecule has 3 atom stereocenters. The van der Waals surface area contributed by atoms with Crippen molar-refractivity contribution >= 4 is 35.0 Å². The molecule has 0 bridgehead atoms. The van der Waals surface area contributed by atoms with Gasteiger partial charge in [0, 0.05) is 16.4 Å². The van der Waals surface area contributed by atoms with Crippen molar-refractivity contribution in [2.24, 2.45) is 5.92 Å². The van der Waals surface area contributed by atoms with E-state index in [0.29, 0.717) is 21.2 Å². The quantitative estimate of drug-likeness (QED) is 0.616. The molecule has 7 nitrogen and oxygen atoms in total. The average molecular weight is 365 g/mol. The third kappa shape index (κ3) is 2.08. The summed E-state index contributed by atoms with van der Waals surface area (Å²) >= 11 is 1.98. The maximum atomic E-state index is 12.6. The number of thioether (sulfide) groups is 1. The Morgan fingerprint density at radius 2 is 2.17 bits per heavy atom. The van der Waals surface area contributed by atoms with Gasteiger partial charge in [-0.1, -0.05) is 35.2 Å². The van der Waals surface area contributed by atoms with Crippen LogP contribution in [0.3, 0.4) is 0 Å². The molecule has 4 rings (SSSR count). The SMILES string of the molecule is COc1cccc2c1OC(=O)[C@@H]1[C@@H]2c2sc(=O)[nH]c2S[C@@H]1C(=O)O. The van der Waals surface area contributed by atoms with E-state index in [0.717, 1.165) is 23.1 Å². The first-order valence-electron chi connectivity index (χ1n) is 7.02. The van der Waals surface area contributed by atoms with Gasteiger partial charge in [-0.15, -0.1) is 0 Å². The highest BCUT2D eigenvalue weighted by Gasteiger charge is 2.52. The normalized spacial score (nSPS) is 24.4. The smallest absolute Gasteiger partial charge is 0.317 e. The summed E-state index contributed by atoms with van der Waals surface area (Å²) in [4.78, 5) is 39.1. The lowest BCUT2D eigenvalue weighted by molar-refractivity contribution is -0.147. The van der Waals surface area contributed by atoms with E-state index in [9.17, 15) is 19.5 Å². The first kappa shape index (κ1) is 15.3. The number of para-hydroxylation sites is 1. The number of carbonyl (C=O) groups is 2. The van der Waals surface area contributed by atoms with Gasteiger partial charge in [0.05, 0.1) is 18.1 Å². The van der Waals surface area contributed by atoms with Crippen molar-refractivity contribution < 1.29 is 24.2 Å². The predicted octanol–water partition coefficient (Wildman–Crippen LogP) is 1.67. The Morgan fingerprint density at radius 3 is 2.88 bits per heavy atom. The van der Waals surface area contributed by atoms with Gasteiger partial charge in [-0.25, -0.2) is 0 Å². The zero-order valence-electron chi connectivity index (χ0n) is 12.3. The maximum Gasteiger partial charge on any atom is 0.317 e. The van der Waals surface area contributed by atoms with Gasteiger partial charge >= 0.3 is 16.8 Å². The molecule has 0 saturated heterocycles. The van der Waals surface area contributed by atoms with E-state index in [1.54, 1.807) is 18.2 Å². The number of carboxylic acids is 1. The number of hydrogen-bond acceptors (Lipinski definition) is 7. The van der Waals surface area contributed by atoms with E-state index < -0.39 is 29.0 Å². The Balaban J connectivity index is 1.99. The average Bonchev–Trinajstić information content (AvgIpc) is 2.93. The number of aliphatic carboxylic acids is 1. The molecule has 124 valence electrons. The van der Waals surface area contributed by atoms with Crippen molar-refractivity contribution in [2.45, 2.75) is 16.2 Å². The fourth-order valence-corrected chi connectivity index (χ4v) is 5.57. The van der Waals surface area contributed by atoms with Crippen LogP contribution in [-0.2, 0) is 9.59 Å². The van der Waals surface area contributed by atoms with E-state index >= 15 is 0 Å². The molecule has 9 heteroatoms. The standard InChI is InChI=1S/C15H11NO6S2/c1-21-6-4-2-3-5-7-8(14(19)22-9(5)6)11(13(17)18)23-12-10(7)24-15(20)16-12/h2-4,7-8,11H,1H3,(H,16,20)(H,17,18)/t7-,8-,11+/m1/s1. The highest BCUT2D eigenvalue weighted by atomic mass is 32.2. The number of benzene rings is 1. The van der Waals surface area contributed by atoms with E-state index in [4.69, 9.17) is 9.47 Å². The van der Waals surface area contributed by atoms with Crippen LogP contribution in [0.5, 0.6) is 11.5 Å². The molecule has 2 aromatic rings. The number of carboxylic acid groups (broad SMARTS) is 1. The van der Waals surface area contributed by atoms with E-state index in [2.05, 4.69) is 4.98 Å².